The Labute approximate surface area is 212 Å². The number of aryl methyl sites for hydroxylation is 1. The molecule has 5 aromatic carbocycles. The van der Waals surface area contributed by atoms with Crippen molar-refractivity contribution in [2.75, 3.05) is 0 Å². The minimum atomic E-state index is 0.779. The quantitative estimate of drug-likeness (QED) is 0.228. The van der Waals surface area contributed by atoms with Crippen molar-refractivity contribution < 1.29 is 0 Å². The van der Waals surface area contributed by atoms with Crippen LogP contribution in [0.5, 0.6) is 0 Å². The lowest BCUT2D eigenvalue weighted by Crippen LogP contribution is -1.94. The lowest BCUT2D eigenvalue weighted by atomic mass is 9.98. The van der Waals surface area contributed by atoms with Gasteiger partial charge in [0.1, 0.15) is 0 Å². The Hall–Kier alpha value is -3.59. The summed E-state index contributed by atoms with van der Waals surface area (Å²) in [6.07, 6.45) is 4.33. The van der Waals surface area contributed by atoms with Crippen molar-refractivity contribution in [2.24, 2.45) is 0 Å². The average molecular weight is 488 g/mol. The minimum Gasteiger partial charge on any atom is -0.308 e. The van der Waals surface area contributed by atoms with Gasteiger partial charge in [0.05, 0.1) is 21.4 Å². The van der Waals surface area contributed by atoms with Crippen LogP contribution >= 0.6 is 22.9 Å². The summed E-state index contributed by atoms with van der Waals surface area (Å²) in [4.78, 5) is 0. The highest BCUT2D eigenvalue weighted by atomic mass is 35.5. The lowest BCUT2D eigenvalue weighted by Gasteiger charge is -2.10. The fourth-order valence-corrected chi connectivity index (χ4v) is 7.09. The molecule has 168 valence electrons. The Morgan fingerprint density at radius 1 is 0.771 bits per heavy atom. The first-order valence-corrected chi connectivity index (χ1v) is 13.0. The highest BCUT2D eigenvalue weighted by Gasteiger charge is 2.20. The van der Waals surface area contributed by atoms with Crippen LogP contribution < -0.4 is 0 Å². The van der Waals surface area contributed by atoms with E-state index in [9.17, 15) is 0 Å². The fourth-order valence-electron chi connectivity index (χ4n) is 5.61. The lowest BCUT2D eigenvalue weighted by molar-refractivity contribution is 1.20. The maximum atomic E-state index is 6.35. The van der Waals surface area contributed by atoms with Crippen molar-refractivity contribution in [3.8, 4) is 5.69 Å². The van der Waals surface area contributed by atoms with Crippen LogP contribution in [0.3, 0.4) is 0 Å². The summed E-state index contributed by atoms with van der Waals surface area (Å²) in [5.74, 6) is 0. The summed E-state index contributed by atoms with van der Waals surface area (Å²) in [6.45, 7) is 4.34. The molecule has 0 spiro atoms. The van der Waals surface area contributed by atoms with Crippen LogP contribution in [0.1, 0.15) is 18.1 Å². The third-order valence-corrected chi connectivity index (χ3v) is 8.58. The summed E-state index contributed by atoms with van der Waals surface area (Å²) in [5, 5.41) is 8.53. The first-order chi connectivity index (χ1) is 17.2. The van der Waals surface area contributed by atoms with Gasteiger partial charge in [-0.2, -0.15) is 0 Å². The van der Waals surface area contributed by atoms with Crippen LogP contribution in [0.25, 0.3) is 64.5 Å². The molecule has 0 aliphatic rings. The molecule has 7 rings (SSSR count). The van der Waals surface area contributed by atoms with Crippen molar-refractivity contribution in [3.05, 3.63) is 107 Å². The van der Waals surface area contributed by atoms with Gasteiger partial charge in [0.2, 0.25) is 0 Å². The average Bonchev–Trinajstić information content (AvgIpc) is 3.41. The Morgan fingerprint density at radius 2 is 1.57 bits per heavy atom. The predicted octanol–water partition coefficient (Wildman–Crippen LogP) is 10.3. The van der Waals surface area contributed by atoms with E-state index < -0.39 is 0 Å². The zero-order chi connectivity index (χ0) is 23.7. The topological polar surface area (TPSA) is 4.93 Å². The number of hydrogen-bond acceptors (Lipinski definition) is 1. The van der Waals surface area contributed by atoms with Gasteiger partial charge in [0.15, 0.2) is 0 Å². The van der Waals surface area contributed by atoms with Gasteiger partial charge in [-0.25, -0.2) is 0 Å². The zero-order valence-corrected chi connectivity index (χ0v) is 21.0. The Morgan fingerprint density at radius 3 is 2.46 bits per heavy atom. The maximum absolute atomic E-state index is 6.35. The molecule has 0 unspecified atom stereocenters. The van der Waals surface area contributed by atoms with Crippen LogP contribution in [0, 0.1) is 6.92 Å². The summed E-state index contributed by atoms with van der Waals surface area (Å²) in [6, 6.07) is 30.7. The molecule has 0 aliphatic carbocycles. The van der Waals surface area contributed by atoms with Gasteiger partial charge in [-0.05, 0) is 66.1 Å². The molecule has 0 N–H and O–H groups in total. The Balaban J connectivity index is 1.70. The number of fused-ring (bicyclic) bond motifs is 8. The van der Waals surface area contributed by atoms with Crippen LogP contribution in [-0.2, 0) is 0 Å². The minimum absolute atomic E-state index is 0.779. The third-order valence-electron chi connectivity index (χ3n) is 7.15. The van der Waals surface area contributed by atoms with E-state index in [1.807, 2.05) is 17.4 Å². The van der Waals surface area contributed by atoms with Crippen molar-refractivity contribution >= 4 is 81.8 Å². The van der Waals surface area contributed by atoms with E-state index in [4.69, 9.17) is 11.6 Å². The van der Waals surface area contributed by atoms with E-state index in [1.54, 1.807) is 0 Å². The standard InChI is InChI=1S/C32H22ClNS/c1-3-7-20-12-16-26-30(19(20)2)31-23-9-5-4-8-21(23)13-17-27(31)34(26)28-11-6-10-25-24-15-14-22(33)18-29(24)35-32(25)28/h3-18H,1-2H3/b7-3-. The molecule has 1 nitrogen and oxygen atoms in total. The second-order valence-electron chi connectivity index (χ2n) is 9.09. The normalized spacial score (nSPS) is 12.3. The van der Waals surface area contributed by atoms with E-state index >= 15 is 0 Å². The maximum Gasteiger partial charge on any atom is 0.0640 e. The number of thiophene rings is 1. The molecule has 2 aromatic heterocycles. The first-order valence-electron chi connectivity index (χ1n) is 11.8. The Kier molecular flexibility index (Phi) is 4.57. The van der Waals surface area contributed by atoms with Crippen molar-refractivity contribution in [3.63, 3.8) is 0 Å². The molecule has 7 aromatic rings. The number of allylic oxidation sites excluding steroid dienone is 1. The molecule has 0 saturated heterocycles. The molecule has 0 saturated carbocycles. The molecule has 0 aliphatic heterocycles. The van der Waals surface area contributed by atoms with Gasteiger partial charge >= 0.3 is 0 Å². The van der Waals surface area contributed by atoms with Gasteiger partial charge in [0.25, 0.3) is 0 Å². The van der Waals surface area contributed by atoms with Crippen molar-refractivity contribution in [1.29, 1.82) is 0 Å². The van der Waals surface area contributed by atoms with Crippen molar-refractivity contribution in [1.82, 2.24) is 4.57 Å². The van der Waals surface area contributed by atoms with E-state index in [-0.39, 0.29) is 0 Å². The predicted molar refractivity (Wildman–Crippen MR) is 156 cm³/mol. The number of hydrogen-bond donors (Lipinski definition) is 0. The molecule has 0 fully saturated rings. The number of aromatic nitrogens is 1. The molecular weight excluding hydrogens is 466 g/mol. The molecule has 0 amide bonds. The van der Waals surface area contributed by atoms with E-state index in [1.165, 1.54) is 69.6 Å². The second-order valence-corrected chi connectivity index (χ2v) is 10.6. The van der Waals surface area contributed by atoms with E-state index in [0.717, 1.165) is 5.02 Å². The molecule has 35 heavy (non-hydrogen) atoms. The summed E-state index contributed by atoms with van der Waals surface area (Å²) >= 11 is 8.17. The number of rotatable bonds is 2. The molecule has 3 heteroatoms. The second kappa shape index (κ2) is 7.71. The summed E-state index contributed by atoms with van der Waals surface area (Å²) in [5.41, 5.74) is 6.28. The highest BCUT2D eigenvalue weighted by molar-refractivity contribution is 7.26. The largest absolute Gasteiger partial charge is 0.308 e. The molecule has 0 radical (unpaired) electrons. The Bertz CT molecular complexity index is 1990. The number of benzene rings is 5. The number of nitrogens with zero attached hydrogens (tertiary/aromatic N) is 1. The van der Waals surface area contributed by atoms with E-state index in [2.05, 4.69) is 109 Å². The monoisotopic (exact) mass is 487 g/mol. The fraction of sp³-hybridized carbons (Fsp3) is 0.0625. The van der Waals surface area contributed by atoms with E-state index in [0.29, 0.717) is 0 Å². The zero-order valence-electron chi connectivity index (χ0n) is 19.5. The van der Waals surface area contributed by atoms with Crippen LogP contribution in [-0.4, -0.2) is 4.57 Å². The van der Waals surface area contributed by atoms with Gasteiger partial charge in [-0.3, -0.25) is 0 Å². The van der Waals surface area contributed by atoms with Gasteiger partial charge < -0.3 is 4.57 Å². The molecule has 0 atom stereocenters. The van der Waals surface area contributed by atoms with Crippen LogP contribution in [0.4, 0.5) is 0 Å². The van der Waals surface area contributed by atoms with Crippen LogP contribution in [0.2, 0.25) is 5.02 Å². The first kappa shape index (κ1) is 20.8. The molecule has 0 bridgehead atoms. The molecular formula is C32H22ClNS. The molecule has 2 heterocycles. The highest BCUT2D eigenvalue weighted by Crippen LogP contribution is 2.43. The smallest absolute Gasteiger partial charge is 0.0640 e. The number of halogens is 1. The SMILES string of the molecule is C/C=C\c1ccc2c(c1C)c1c3ccccc3ccc1n2-c1cccc2c1sc1cc(Cl)ccc12. The van der Waals surface area contributed by atoms with Gasteiger partial charge in [0, 0.05) is 31.3 Å². The summed E-state index contributed by atoms with van der Waals surface area (Å²) < 4.78 is 4.97. The van der Waals surface area contributed by atoms with Crippen molar-refractivity contribution in [2.45, 2.75) is 13.8 Å². The van der Waals surface area contributed by atoms with Gasteiger partial charge in [-0.15, -0.1) is 11.3 Å². The third kappa shape index (κ3) is 2.94. The summed E-state index contributed by atoms with van der Waals surface area (Å²) in [7, 11) is 0. The van der Waals surface area contributed by atoms with Gasteiger partial charge in [-0.1, -0.05) is 78.4 Å². The van der Waals surface area contributed by atoms with Crippen LogP contribution in [0.15, 0.2) is 91.0 Å².